The minimum atomic E-state index is -0.371. The molecule has 3 nitrogen and oxygen atoms in total. The van der Waals surface area contributed by atoms with Gasteiger partial charge in [-0.05, 0) is 50.9 Å². The van der Waals surface area contributed by atoms with Gasteiger partial charge in [-0.3, -0.25) is 4.79 Å². The Balaban J connectivity index is 1.99. The highest BCUT2D eigenvalue weighted by Crippen LogP contribution is 2.25. The molecule has 2 N–H and O–H groups in total. The fraction of sp³-hybridized carbons (Fsp3) is 0.533. The van der Waals surface area contributed by atoms with Gasteiger partial charge in [0, 0.05) is 17.0 Å². The summed E-state index contributed by atoms with van der Waals surface area (Å²) >= 11 is 6.02. The van der Waals surface area contributed by atoms with Gasteiger partial charge in [0.2, 0.25) is 5.91 Å². The van der Waals surface area contributed by atoms with E-state index in [2.05, 4.69) is 17.6 Å². The number of hydrogen-bond donors (Lipinski definition) is 2. The van der Waals surface area contributed by atoms with Crippen molar-refractivity contribution < 1.29 is 9.18 Å². The Morgan fingerprint density at radius 1 is 1.55 bits per heavy atom. The van der Waals surface area contributed by atoms with Crippen molar-refractivity contribution in [3.05, 3.63) is 34.6 Å². The van der Waals surface area contributed by atoms with Crippen LogP contribution in [0.3, 0.4) is 0 Å². The van der Waals surface area contributed by atoms with Crippen LogP contribution in [0.1, 0.15) is 38.3 Å². The molecule has 1 aliphatic rings. The number of nitrogens with one attached hydrogen (secondary N) is 2. The van der Waals surface area contributed by atoms with Gasteiger partial charge in [0.25, 0.3) is 0 Å². The van der Waals surface area contributed by atoms with Crippen LogP contribution in [-0.4, -0.2) is 18.5 Å². The average molecular weight is 299 g/mol. The maximum Gasteiger partial charge on any atom is 0.223 e. The van der Waals surface area contributed by atoms with Gasteiger partial charge in [0.15, 0.2) is 0 Å². The van der Waals surface area contributed by atoms with E-state index < -0.39 is 0 Å². The van der Waals surface area contributed by atoms with Crippen molar-refractivity contribution >= 4 is 17.5 Å². The van der Waals surface area contributed by atoms with E-state index in [1.807, 2.05) is 6.92 Å². The number of amides is 1. The Bertz CT molecular complexity index is 495. The Morgan fingerprint density at radius 2 is 2.30 bits per heavy atom. The van der Waals surface area contributed by atoms with Crippen LogP contribution in [0.25, 0.3) is 0 Å². The number of halogens is 2. The Hall–Kier alpha value is -1.13. The molecule has 5 heteroatoms. The smallest absolute Gasteiger partial charge is 0.223 e. The first-order valence-electron chi connectivity index (χ1n) is 6.96. The van der Waals surface area contributed by atoms with Crippen molar-refractivity contribution in [2.45, 2.75) is 38.8 Å². The molecule has 1 fully saturated rings. The van der Waals surface area contributed by atoms with Crippen LogP contribution in [0.4, 0.5) is 4.39 Å². The van der Waals surface area contributed by atoms with Gasteiger partial charge in [-0.15, -0.1) is 0 Å². The SMILES string of the molecule is CC(NC(=O)[C@H]1CCN[C@@H](C)C1)c1ccc(F)cc1Cl. The van der Waals surface area contributed by atoms with Gasteiger partial charge in [-0.25, -0.2) is 4.39 Å². The lowest BCUT2D eigenvalue weighted by Gasteiger charge is -2.28. The summed E-state index contributed by atoms with van der Waals surface area (Å²) in [6.45, 7) is 4.81. The molecule has 0 radical (unpaired) electrons. The number of carbonyl (C=O) groups excluding carboxylic acids is 1. The van der Waals surface area contributed by atoms with Gasteiger partial charge < -0.3 is 10.6 Å². The van der Waals surface area contributed by atoms with Gasteiger partial charge >= 0.3 is 0 Å². The van der Waals surface area contributed by atoms with Gasteiger partial charge in [0.05, 0.1) is 6.04 Å². The highest BCUT2D eigenvalue weighted by atomic mass is 35.5. The molecule has 1 aliphatic heterocycles. The number of hydrogen-bond acceptors (Lipinski definition) is 2. The molecule has 0 aliphatic carbocycles. The van der Waals surface area contributed by atoms with Crippen molar-refractivity contribution in [1.29, 1.82) is 0 Å². The molecule has 1 aromatic carbocycles. The fourth-order valence-electron chi connectivity index (χ4n) is 2.63. The lowest BCUT2D eigenvalue weighted by molar-refractivity contribution is -0.126. The molecule has 20 heavy (non-hydrogen) atoms. The third-order valence-electron chi connectivity index (χ3n) is 3.78. The topological polar surface area (TPSA) is 41.1 Å². The number of benzene rings is 1. The van der Waals surface area contributed by atoms with E-state index >= 15 is 0 Å². The van der Waals surface area contributed by atoms with Crippen LogP contribution in [0, 0.1) is 11.7 Å². The molecule has 1 amide bonds. The van der Waals surface area contributed by atoms with E-state index in [-0.39, 0.29) is 23.7 Å². The maximum absolute atomic E-state index is 13.0. The minimum absolute atomic E-state index is 0.0351. The van der Waals surface area contributed by atoms with Crippen molar-refractivity contribution in [2.24, 2.45) is 5.92 Å². The molecule has 0 aromatic heterocycles. The van der Waals surface area contributed by atoms with Crippen molar-refractivity contribution in [3.8, 4) is 0 Å². The summed E-state index contributed by atoms with van der Waals surface area (Å²) in [7, 11) is 0. The molecule has 110 valence electrons. The maximum atomic E-state index is 13.0. The van der Waals surface area contributed by atoms with Crippen LogP contribution >= 0.6 is 11.6 Å². The van der Waals surface area contributed by atoms with Crippen molar-refractivity contribution in [1.82, 2.24) is 10.6 Å². The molecule has 2 rings (SSSR count). The monoisotopic (exact) mass is 298 g/mol. The molecular formula is C15H20ClFN2O. The van der Waals surface area contributed by atoms with Gasteiger partial charge in [-0.2, -0.15) is 0 Å². The summed E-state index contributed by atoms with van der Waals surface area (Å²) in [6.07, 6.45) is 1.69. The zero-order valence-electron chi connectivity index (χ0n) is 11.7. The Morgan fingerprint density at radius 3 is 2.95 bits per heavy atom. The molecular weight excluding hydrogens is 279 g/mol. The van der Waals surface area contributed by atoms with Crippen molar-refractivity contribution in [3.63, 3.8) is 0 Å². The van der Waals surface area contributed by atoms with Crippen molar-refractivity contribution in [2.75, 3.05) is 6.54 Å². The van der Waals surface area contributed by atoms with Crippen LogP contribution < -0.4 is 10.6 Å². The molecule has 3 atom stereocenters. The molecule has 1 unspecified atom stereocenters. The quantitative estimate of drug-likeness (QED) is 0.900. The number of piperidine rings is 1. The summed E-state index contributed by atoms with van der Waals surface area (Å²) < 4.78 is 13.0. The normalized spacial score (nSPS) is 24.2. The predicted octanol–water partition coefficient (Wildman–Crippen LogP) is 3.04. The zero-order chi connectivity index (χ0) is 14.7. The average Bonchev–Trinajstić information content (AvgIpc) is 2.38. The highest BCUT2D eigenvalue weighted by molar-refractivity contribution is 6.31. The summed E-state index contributed by atoms with van der Waals surface area (Å²) in [5.74, 6) is -0.288. The second-order valence-electron chi connectivity index (χ2n) is 5.47. The second-order valence-corrected chi connectivity index (χ2v) is 5.88. The van der Waals surface area contributed by atoms with E-state index in [4.69, 9.17) is 11.6 Å². The Labute approximate surface area is 123 Å². The van der Waals surface area contributed by atoms with E-state index in [1.54, 1.807) is 6.07 Å². The number of carbonyl (C=O) groups is 1. The zero-order valence-corrected chi connectivity index (χ0v) is 12.5. The molecule has 1 heterocycles. The van der Waals surface area contributed by atoms with E-state index in [0.717, 1.165) is 24.9 Å². The van der Waals surface area contributed by atoms with Crippen LogP contribution in [0.5, 0.6) is 0 Å². The van der Waals surface area contributed by atoms with Gasteiger partial charge in [0.1, 0.15) is 5.82 Å². The third kappa shape index (κ3) is 3.70. The van der Waals surface area contributed by atoms with Gasteiger partial charge in [-0.1, -0.05) is 17.7 Å². The van der Waals surface area contributed by atoms with Crippen LogP contribution in [-0.2, 0) is 4.79 Å². The summed E-state index contributed by atoms with van der Waals surface area (Å²) in [5, 5.41) is 6.64. The molecule has 1 aromatic rings. The number of rotatable bonds is 3. The van der Waals surface area contributed by atoms with E-state index in [1.165, 1.54) is 12.1 Å². The lowest BCUT2D eigenvalue weighted by atomic mass is 9.92. The second kappa shape index (κ2) is 6.55. The first kappa shape index (κ1) is 15.3. The molecule has 0 saturated carbocycles. The minimum Gasteiger partial charge on any atom is -0.349 e. The first-order chi connectivity index (χ1) is 9.47. The molecule has 1 saturated heterocycles. The van der Waals surface area contributed by atoms with Crippen LogP contribution in [0.2, 0.25) is 5.02 Å². The summed E-state index contributed by atoms with van der Waals surface area (Å²) in [6, 6.07) is 4.39. The Kier molecular flexibility index (Phi) is 5.00. The largest absolute Gasteiger partial charge is 0.349 e. The predicted molar refractivity (Wildman–Crippen MR) is 78.2 cm³/mol. The first-order valence-corrected chi connectivity index (χ1v) is 7.34. The third-order valence-corrected chi connectivity index (χ3v) is 4.11. The summed E-state index contributed by atoms with van der Waals surface area (Å²) in [4.78, 5) is 12.2. The standard InChI is InChI=1S/C15H20ClFN2O/c1-9-7-11(5-6-18-9)15(20)19-10(2)13-4-3-12(17)8-14(13)16/h3-4,8-11,18H,5-7H2,1-2H3,(H,19,20)/t9-,10?,11-/m0/s1. The molecule has 0 spiro atoms. The summed E-state index contributed by atoms with van der Waals surface area (Å²) in [5.41, 5.74) is 0.739. The van der Waals surface area contributed by atoms with Crippen LogP contribution in [0.15, 0.2) is 18.2 Å². The lowest BCUT2D eigenvalue weighted by Crippen LogP contribution is -2.43. The van der Waals surface area contributed by atoms with E-state index in [9.17, 15) is 9.18 Å². The van der Waals surface area contributed by atoms with E-state index in [0.29, 0.717) is 11.1 Å². The molecule has 0 bridgehead atoms. The highest BCUT2D eigenvalue weighted by Gasteiger charge is 2.26. The fourth-order valence-corrected chi connectivity index (χ4v) is 2.96.